The van der Waals surface area contributed by atoms with Crippen molar-refractivity contribution in [3.8, 4) is 0 Å². The van der Waals surface area contributed by atoms with Gasteiger partial charge in [0.05, 0.1) is 12.6 Å². The van der Waals surface area contributed by atoms with Crippen LogP contribution in [0.15, 0.2) is 66.7 Å². The normalized spacial score (nSPS) is 12.3. The van der Waals surface area contributed by atoms with E-state index in [0.29, 0.717) is 0 Å². The van der Waals surface area contributed by atoms with Crippen LogP contribution < -0.4 is 5.32 Å². The molecule has 0 heterocycles. The zero-order valence-corrected chi connectivity index (χ0v) is 12.1. The van der Waals surface area contributed by atoms with Gasteiger partial charge < -0.3 is 10.4 Å². The zero-order chi connectivity index (χ0) is 14.7. The zero-order valence-electron chi connectivity index (χ0n) is 12.1. The van der Waals surface area contributed by atoms with Gasteiger partial charge in [0.1, 0.15) is 0 Å². The molecule has 21 heavy (non-hydrogen) atoms. The maximum absolute atomic E-state index is 9.81. The second kappa shape index (κ2) is 5.98. The lowest BCUT2D eigenvalue weighted by Crippen LogP contribution is -2.15. The second-order valence-corrected chi connectivity index (χ2v) is 5.32. The maximum Gasteiger partial charge on any atom is 0.0751 e. The van der Waals surface area contributed by atoms with E-state index in [4.69, 9.17) is 0 Å². The van der Waals surface area contributed by atoms with E-state index < -0.39 is 0 Å². The van der Waals surface area contributed by atoms with E-state index in [9.17, 15) is 5.11 Å². The summed E-state index contributed by atoms with van der Waals surface area (Å²) in [5, 5.41) is 15.6. The van der Waals surface area contributed by atoms with Gasteiger partial charge in [0.2, 0.25) is 0 Å². The van der Waals surface area contributed by atoms with Crippen LogP contribution in [0.2, 0.25) is 0 Å². The van der Waals surface area contributed by atoms with Crippen LogP contribution >= 0.6 is 0 Å². The van der Waals surface area contributed by atoms with Crippen molar-refractivity contribution in [3.05, 3.63) is 77.9 Å². The first kappa shape index (κ1) is 13.7. The average Bonchev–Trinajstić information content (AvgIpc) is 2.52. The Morgan fingerprint density at radius 1 is 0.952 bits per heavy atom. The Balaban J connectivity index is 1.98. The predicted octanol–water partition coefficient (Wildman–Crippen LogP) is 4.29. The highest BCUT2D eigenvalue weighted by molar-refractivity contribution is 5.86. The number of benzene rings is 3. The topological polar surface area (TPSA) is 32.3 Å². The fourth-order valence-corrected chi connectivity index (χ4v) is 2.71. The fourth-order valence-electron chi connectivity index (χ4n) is 2.71. The first-order valence-corrected chi connectivity index (χ1v) is 7.19. The van der Waals surface area contributed by atoms with Crippen molar-refractivity contribution in [1.29, 1.82) is 0 Å². The molecule has 3 aromatic rings. The van der Waals surface area contributed by atoms with Crippen molar-refractivity contribution in [2.24, 2.45) is 0 Å². The summed E-state index contributed by atoms with van der Waals surface area (Å²) in [6.07, 6.45) is 0. The van der Waals surface area contributed by atoms with E-state index in [1.54, 1.807) is 0 Å². The number of hydrogen-bond donors (Lipinski definition) is 2. The van der Waals surface area contributed by atoms with Crippen molar-refractivity contribution in [2.75, 3.05) is 11.9 Å². The Kier molecular flexibility index (Phi) is 3.89. The van der Waals surface area contributed by atoms with Crippen LogP contribution in [0.25, 0.3) is 10.8 Å². The van der Waals surface area contributed by atoms with Gasteiger partial charge in [0.25, 0.3) is 0 Å². The molecule has 0 fully saturated rings. The third-order valence-electron chi connectivity index (χ3n) is 3.74. The predicted molar refractivity (Wildman–Crippen MR) is 88.6 cm³/mol. The Morgan fingerprint density at radius 2 is 1.71 bits per heavy atom. The van der Waals surface area contributed by atoms with Crippen LogP contribution in [-0.4, -0.2) is 11.7 Å². The minimum absolute atomic E-state index is 0.0575. The van der Waals surface area contributed by atoms with E-state index in [-0.39, 0.29) is 12.6 Å². The van der Waals surface area contributed by atoms with Crippen LogP contribution in [0.5, 0.6) is 0 Å². The van der Waals surface area contributed by atoms with E-state index >= 15 is 0 Å². The SMILES string of the molecule is Cc1cccc(NC(CO)c2cccc3ccccc23)c1. The lowest BCUT2D eigenvalue weighted by molar-refractivity contribution is 0.277. The number of hydrogen-bond acceptors (Lipinski definition) is 2. The third kappa shape index (κ3) is 2.91. The van der Waals surface area contributed by atoms with Crippen molar-refractivity contribution in [2.45, 2.75) is 13.0 Å². The Labute approximate surface area is 125 Å². The summed E-state index contributed by atoms with van der Waals surface area (Å²) in [6, 6.07) is 22.6. The molecule has 0 bridgehead atoms. The van der Waals surface area contributed by atoms with E-state index in [1.165, 1.54) is 16.3 Å². The summed E-state index contributed by atoms with van der Waals surface area (Å²) in [4.78, 5) is 0. The number of nitrogens with one attached hydrogen (secondary N) is 1. The van der Waals surface area contributed by atoms with Gasteiger partial charge in [-0.05, 0) is 41.0 Å². The molecule has 0 amide bonds. The lowest BCUT2D eigenvalue weighted by atomic mass is 9.99. The highest BCUT2D eigenvalue weighted by Crippen LogP contribution is 2.27. The number of anilines is 1. The largest absolute Gasteiger partial charge is 0.394 e. The van der Waals surface area contributed by atoms with Gasteiger partial charge in [0.15, 0.2) is 0 Å². The van der Waals surface area contributed by atoms with Gasteiger partial charge >= 0.3 is 0 Å². The van der Waals surface area contributed by atoms with Crippen molar-refractivity contribution < 1.29 is 5.11 Å². The average molecular weight is 277 g/mol. The molecule has 3 rings (SSSR count). The molecule has 2 heteroatoms. The number of aliphatic hydroxyl groups is 1. The first-order valence-electron chi connectivity index (χ1n) is 7.19. The third-order valence-corrected chi connectivity index (χ3v) is 3.74. The molecule has 1 atom stereocenters. The molecule has 0 aromatic heterocycles. The molecular formula is C19H19NO. The maximum atomic E-state index is 9.81. The van der Waals surface area contributed by atoms with E-state index in [1.807, 2.05) is 30.3 Å². The second-order valence-electron chi connectivity index (χ2n) is 5.32. The van der Waals surface area contributed by atoms with Crippen LogP contribution in [0.1, 0.15) is 17.2 Å². The monoisotopic (exact) mass is 277 g/mol. The Bertz CT molecular complexity index is 746. The van der Waals surface area contributed by atoms with Gasteiger partial charge in [0, 0.05) is 5.69 Å². The Hall–Kier alpha value is -2.32. The molecule has 0 aliphatic heterocycles. The lowest BCUT2D eigenvalue weighted by Gasteiger charge is -2.20. The molecule has 0 aliphatic rings. The molecular weight excluding hydrogens is 258 g/mol. The quantitative estimate of drug-likeness (QED) is 0.745. The summed E-state index contributed by atoms with van der Waals surface area (Å²) in [5.74, 6) is 0. The number of fused-ring (bicyclic) bond motifs is 1. The molecule has 3 aromatic carbocycles. The standard InChI is InChI=1S/C19H19NO/c1-14-6-4-9-16(12-14)20-19(13-21)18-11-5-8-15-7-2-3-10-17(15)18/h2-12,19-21H,13H2,1H3. The molecule has 2 N–H and O–H groups in total. The van der Waals surface area contributed by atoms with Gasteiger partial charge in [-0.1, -0.05) is 54.6 Å². The van der Waals surface area contributed by atoms with Gasteiger partial charge in [-0.3, -0.25) is 0 Å². The Morgan fingerprint density at radius 3 is 2.52 bits per heavy atom. The van der Waals surface area contributed by atoms with Crippen molar-refractivity contribution >= 4 is 16.5 Å². The van der Waals surface area contributed by atoms with Crippen molar-refractivity contribution in [1.82, 2.24) is 0 Å². The fraction of sp³-hybridized carbons (Fsp3) is 0.158. The molecule has 0 aliphatic carbocycles. The highest BCUT2D eigenvalue weighted by Gasteiger charge is 2.13. The molecule has 2 nitrogen and oxygen atoms in total. The van der Waals surface area contributed by atoms with Gasteiger partial charge in [-0.2, -0.15) is 0 Å². The smallest absolute Gasteiger partial charge is 0.0751 e. The number of aryl methyl sites for hydroxylation is 1. The minimum atomic E-state index is -0.113. The first-order chi connectivity index (χ1) is 10.3. The highest BCUT2D eigenvalue weighted by atomic mass is 16.3. The summed E-state index contributed by atoms with van der Waals surface area (Å²) < 4.78 is 0. The summed E-state index contributed by atoms with van der Waals surface area (Å²) in [7, 11) is 0. The summed E-state index contributed by atoms with van der Waals surface area (Å²) >= 11 is 0. The van der Waals surface area contributed by atoms with Gasteiger partial charge in [-0.15, -0.1) is 0 Å². The van der Waals surface area contributed by atoms with Gasteiger partial charge in [-0.25, -0.2) is 0 Å². The molecule has 1 unspecified atom stereocenters. The molecule has 0 spiro atoms. The van der Waals surface area contributed by atoms with Crippen LogP contribution in [0.4, 0.5) is 5.69 Å². The number of aliphatic hydroxyl groups excluding tert-OH is 1. The molecule has 0 radical (unpaired) electrons. The van der Waals surface area contributed by atoms with E-state index in [2.05, 4.69) is 48.6 Å². The minimum Gasteiger partial charge on any atom is -0.394 e. The summed E-state index contributed by atoms with van der Waals surface area (Å²) in [6.45, 7) is 2.12. The van der Waals surface area contributed by atoms with Crippen LogP contribution in [0.3, 0.4) is 0 Å². The van der Waals surface area contributed by atoms with E-state index in [0.717, 1.165) is 11.3 Å². The van der Waals surface area contributed by atoms with Crippen LogP contribution in [0, 0.1) is 6.92 Å². The van der Waals surface area contributed by atoms with Crippen molar-refractivity contribution in [3.63, 3.8) is 0 Å². The molecule has 0 saturated carbocycles. The summed E-state index contributed by atoms with van der Waals surface area (Å²) in [5.41, 5.74) is 3.36. The number of rotatable bonds is 4. The molecule has 106 valence electrons. The molecule has 0 saturated heterocycles. The van der Waals surface area contributed by atoms with Crippen LogP contribution in [-0.2, 0) is 0 Å².